The zero-order valence-electron chi connectivity index (χ0n) is 16.1. The number of benzene rings is 1. The van der Waals surface area contributed by atoms with Gasteiger partial charge >= 0.3 is 6.18 Å². The van der Waals surface area contributed by atoms with Crippen molar-refractivity contribution in [3.05, 3.63) is 29.8 Å². The van der Waals surface area contributed by atoms with Gasteiger partial charge in [-0.3, -0.25) is 14.5 Å². The van der Waals surface area contributed by atoms with Gasteiger partial charge in [0.15, 0.2) is 5.96 Å². The zero-order chi connectivity index (χ0) is 21.0. The molecule has 156 valence electrons. The lowest BCUT2D eigenvalue weighted by Crippen LogP contribution is -2.50. The van der Waals surface area contributed by atoms with E-state index in [1.54, 1.807) is 25.1 Å². The van der Waals surface area contributed by atoms with Gasteiger partial charge in [-0.1, -0.05) is 12.1 Å². The van der Waals surface area contributed by atoms with E-state index in [0.29, 0.717) is 18.0 Å². The Bertz CT molecular complexity index is 890. The first-order chi connectivity index (χ1) is 13.5. The lowest BCUT2D eigenvalue weighted by atomic mass is 9.87. The van der Waals surface area contributed by atoms with Gasteiger partial charge in [-0.2, -0.15) is 13.2 Å². The van der Waals surface area contributed by atoms with Gasteiger partial charge in [0.2, 0.25) is 11.8 Å². The smallest absolute Gasteiger partial charge is 0.369 e. The molecule has 1 aromatic rings. The number of nitrogens with two attached hydrogens (primary N) is 1. The third-order valence-electron chi connectivity index (χ3n) is 6.04. The number of carbonyl (C=O) groups is 2. The number of hydrogen-bond acceptors (Lipinski definition) is 4. The van der Waals surface area contributed by atoms with E-state index in [1.165, 1.54) is 11.0 Å². The Hall–Kier alpha value is -2.58. The Morgan fingerprint density at radius 2 is 2.03 bits per heavy atom. The number of guanidine groups is 1. The summed E-state index contributed by atoms with van der Waals surface area (Å²) in [6.45, 7) is 2.32. The highest BCUT2D eigenvalue weighted by Gasteiger charge is 2.68. The molecule has 9 heteroatoms. The molecule has 1 atom stereocenters. The Labute approximate surface area is 166 Å². The largest absolute Gasteiger partial charge is 0.403 e. The lowest BCUT2D eigenvalue weighted by molar-refractivity contribution is -0.189. The van der Waals surface area contributed by atoms with Crippen molar-refractivity contribution < 1.29 is 22.8 Å². The monoisotopic (exact) mass is 408 g/mol. The van der Waals surface area contributed by atoms with E-state index < -0.39 is 23.0 Å². The quantitative estimate of drug-likeness (QED) is 0.785. The number of nitrogens with one attached hydrogen (secondary N) is 1. The molecule has 0 spiro atoms. The van der Waals surface area contributed by atoms with Crippen molar-refractivity contribution in [3.63, 3.8) is 0 Å². The van der Waals surface area contributed by atoms with E-state index in [0.717, 1.165) is 12.8 Å². The fourth-order valence-corrected chi connectivity index (χ4v) is 3.74. The van der Waals surface area contributed by atoms with Gasteiger partial charge in [0.05, 0.1) is 12.0 Å². The van der Waals surface area contributed by atoms with E-state index in [2.05, 4.69) is 10.3 Å². The summed E-state index contributed by atoms with van der Waals surface area (Å²) in [5.74, 6) is -0.556. The van der Waals surface area contributed by atoms with Crippen LogP contribution in [-0.2, 0) is 15.1 Å². The Balaban J connectivity index is 1.55. The number of rotatable bonds is 5. The van der Waals surface area contributed by atoms with Crippen molar-refractivity contribution >= 4 is 23.5 Å². The summed E-state index contributed by atoms with van der Waals surface area (Å²) in [5.41, 5.74) is 3.67. The van der Waals surface area contributed by atoms with Crippen molar-refractivity contribution in [2.24, 2.45) is 22.1 Å². The highest BCUT2D eigenvalue weighted by Crippen LogP contribution is 2.58. The van der Waals surface area contributed by atoms with Gasteiger partial charge in [0.1, 0.15) is 5.41 Å². The van der Waals surface area contributed by atoms with Crippen LogP contribution in [0.25, 0.3) is 0 Å². The molecule has 2 fully saturated rings. The Morgan fingerprint density at radius 3 is 2.59 bits per heavy atom. The second-order valence-corrected chi connectivity index (χ2v) is 8.48. The van der Waals surface area contributed by atoms with E-state index in [4.69, 9.17) is 5.73 Å². The molecule has 0 saturated heterocycles. The SMILES string of the molecule is C[C@@]1(c2cccc(NC(=O)C3(C(F)(F)F)CC3)c2)CC(=O)N(CC2CC2)C(N)=N1. The van der Waals surface area contributed by atoms with Gasteiger partial charge in [0.25, 0.3) is 0 Å². The van der Waals surface area contributed by atoms with Crippen molar-refractivity contribution in [1.29, 1.82) is 0 Å². The molecule has 1 aliphatic heterocycles. The summed E-state index contributed by atoms with van der Waals surface area (Å²) in [5, 5.41) is 2.38. The predicted molar refractivity (Wildman–Crippen MR) is 101 cm³/mol. The van der Waals surface area contributed by atoms with E-state index in [9.17, 15) is 22.8 Å². The van der Waals surface area contributed by atoms with Crippen LogP contribution >= 0.6 is 0 Å². The first-order valence-electron chi connectivity index (χ1n) is 9.68. The molecule has 2 amide bonds. The predicted octanol–water partition coefficient (Wildman–Crippen LogP) is 3.14. The van der Waals surface area contributed by atoms with Crippen LogP contribution in [0.5, 0.6) is 0 Å². The third-order valence-corrected chi connectivity index (χ3v) is 6.04. The molecule has 0 bridgehead atoms. The molecule has 0 aromatic heterocycles. The molecule has 1 heterocycles. The number of amides is 2. The molecular weight excluding hydrogens is 385 g/mol. The second kappa shape index (κ2) is 6.47. The maximum Gasteiger partial charge on any atom is 0.403 e. The number of aliphatic imine (C=N–C) groups is 1. The number of carbonyl (C=O) groups excluding carboxylic acids is 2. The standard InChI is InChI=1S/C20H23F3N4O2/c1-18(10-15(28)27(17(24)26-18)11-12-5-6-12)13-3-2-4-14(9-13)25-16(29)19(7-8-19)20(21,22)23/h2-4,9,12H,5-8,10-11H2,1H3,(H2,24,26)(H,25,29)/t18-/m0/s1. The van der Waals surface area contributed by atoms with Crippen LogP contribution in [0.4, 0.5) is 18.9 Å². The minimum Gasteiger partial charge on any atom is -0.369 e. The van der Waals surface area contributed by atoms with Crippen molar-refractivity contribution in [1.82, 2.24) is 4.90 Å². The van der Waals surface area contributed by atoms with Crippen LogP contribution in [0, 0.1) is 11.3 Å². The summed E-state index contributed by atoms with van der Waals surface area (Å²) in [4.78, 5) is 30.9. The van der Waals surface area contributed by atoms with Crippen LogP contribution in [0.1, 0.15) is 44.6 Å². The van der Waals surface area contributed by atoms with Crippen LogP contribution in [-0.4, -0.2) is 35.4 Å². The molecule has 2 aliphatic carbocycles. The molecule has 2 saturated carbocycles. The summed E-state index contributed by atoms with van der Waals surface area (Å²) >= 11 is 0. The third kappa shape index (κ3) is 3.58. The fourth-order valence-electron chi connectivity index (χ4n) is 3.74. The van der Waals surface area contributed by atoms with Gasteiger partial charge < -0.3 is 11.1 Å². The molecule has 29 heavy (non-hydrogen) atoms. The fraction of sp³-hybridized carbons (Fsp3) is 0.550. The molecule has 3 N–H and O–H groups in total. The molecule has 3 aliphatic rings. The summed E-state index contributed by atoms with van der Waals surface area (Å²) in [6, 6.07) is 6.43. The van der Waals surface area contributed by atoms with Crippen LogP contribution in [0.3, 0.4) is 0 Å². The zero-order valence-corrected chi connectivity index (χ0v) is 16.1. The lowest BCUT2D eigenvalue weighted by Gasteiger charge is -2.35. The number of hydrogen-bond donors (Lipinski definition) is 2. The highest BCUT2D eigenvalue weighted by molar-refractivity contribution is 6.00. The number of anilines is 1. The van der Waals surface area contributed by atoms with Crippen LogP contribution < -0.4 is 11.1 Å². The van der Waals surface area contributed by atoms with Gasteiger partial charge in [-0.15, -0.1) is 0 Å². The van der Waals surface area contributed by atoms with Crippen molar-refractivity contribution in [2.75, 3.05) is 11.9 Å². The van der Waals surface area contributed by atoms with E-state index in [-0.39, 0.29) is 36.8 Å². The first-order valence-corrected chi connectivity index (χ1v) is 9.68. The minimum atomic E-state index is -4.57. The Kier molecular flexibility index (Phi) is 4.40. The Morgan fingerprint density at radius 1 is 1.34 bits per heavy atom. The molecule has 1 aromatic carbocycles. The second-order valence-electron chi connectivity index (χ2n) is 8.48. The van der Waals surface area contributed by atoms with Gasteiger partial charge in [0, 0.05) is 12.2 Å². The summed E-state index contributed by atoms with van der Waals surface area (Å²) < 4.78 is 39.5. The molecule has 6 nitrogen and oxygen atoms in total. The summed E-state index contributed by atoms with van der Waals surface area (Å²) in [7, 11) is 0. The maximum atomic E-state index is 13.2. The minimum absolute atomic E-state index is 0.101. The average molecular weight is 408 g/mol. The normalized spacial score (nSPS) is 26.1. The summed E-state index contributed by atoms with van der Waals surface area (Å²) in [6.07, 6.45) is -2.71. The topological polar surface area (TPSA) is 87.8 Å². The molecular formula is C20H23F3N4O2. The van der Waals surface area contributed by atoms with Gasteiger partial charge in [-0.25, -0.2) is 4.99 Å². The first kappa shape index (κ1) is 19.7. The maximum absolute atomic E-state index is 13.2. The van der Waals surface area contributed by atoms with E-state index >= 15 is 0 Å². The van der Waals surface area contributed by atoms with Crippen LogP contribution in [0.2, 0.25) is 0 Å². The molecule has 4 rings (SSSR count). The molecule has 0 radical (unpaired) electrons. The number of halogens is 3. The van der Waals surface area contributed by atoms with Crippen molar-refractivity contribution in [2.45, 2.75) is 50.7 Å². The number of nitrogens with zero attached hydrogens (tertiary/aromatic N) is 2. The van der Waals surface area contributed by atoms with Gasteiger partial charge in [-0.05, 0) is 56.2 Å². The van der Waals surface area contributed by atoms with Crippen LogP contribution in [0.15, 0.2) is 29.3 Å². The van der Waals surface area contributed by atoms with E-state index in [1.807, 2.05) is 0 Å². The number of alkyl halides is 3. The average Bonchev–Trinajstić information content (AvgIpc) is 3.52. The van der Waals surface area contributed by atoms with Crippen molar-refractivity contribution in [3.8, 4) is 0 Å². The molecule has 0 unspecified atom stereocenters. The highest BCUT2D eigenvalue weighted by atomic mass is 19.4.